The second kappa shape index (κ2) is 7.18. The van der Waals surface area contributed by atoms with E-state index in [-0.39, 0.29) is 35.6 Å². The number of aryl methyl sites for hydroxylation is 2. The smallest absolute Gasteiger partial charge is 0.335 e. The maximum Gasteiger partial charge on any atom is 0.335 e. The number of H-pyrrole nitrogens is 1. The summed E-state index contributed by atoms with van der Waals surface area (Å²) in [7, 11) is 0. The topological polar surface area (TPSA) is 112 Å². The molecule has 26 heavy (non-hydrogen) atoms. The van der Waals surface area contributed by atoms with Gasteiger partial charge in [0, 0.05) is 18.5 Å². The number of aromatic carboxylic acids is 1. The summed E-state index contributed by atoms with van der Waals surface area (Å²) in [5.41, 5.74) is 2.56. The zero-order chi connectivity index (χ0) is 18.7. The maximum absolute atomic E-state index is 12.2. The molecule has 3 N–H and O–H groups in total. The summed E-state index contributed by atoms with van der Waals surface area (Å²) < 4.78 is 0. The molecule has 3 rings (SSSR count). The largest absolute Gasteiger partial charge is 0.478 e. The summed E-state index contributed by atoms with van der Waals surface area (Å²) in [6, 6.07) is 11.7. The summed E-state index contributed by atoms with van der Waals surface area (Å²) in [6.45, 7) is 1.77. The van der Waals surface area contributed by atoms with Crippen molar-refractivity contribution in [3.05, 3.63) is 69.6 Å². The van der Waals surface area contributed by atoms with Gasteiger partial charge >= 0.3 is 5.97 Å². The SMILES string of the molecule is Cc1ccc(C(=O)O)cc1NC(=O)CCc1nc2ccccc2[nH]c1=O. The van der Waals surface area contributed by atoms with Crippen LogP contribution in [0.2, 0.25) is 0 Å². The minimum Gasteiger partial charge on any atom is -0.478 e. The van der Waals surface area contributed by atoms with Crippen LogP contribution < -0.4 is 10.9 Å². The molecular formula is C19H17N3O4. The van der Waals surface area contributed by atoms with Crippen molar-refractivity contribution in [2.24, 2.45) is 0 Å². The third-order valence-corrected chi connectivity index (χ3v) is 4.02. The molecule has 0 atom stereocenters. The Balaban J connectivity index is 1.72. The number of carboxylic acids is 1. The first-order chi connectivity index (χ1) is 12.4. The van der Waals surface area contributed by atoms with Crippen molar-refractivity contribution in [3.63, 3.8) is 0 Å². The highest BCUT2D eigenvalue weighted by Crippen LogP contribution is 2.17. The van der Waals surface area contributed by atoms with E-state index in [1.807, 2.05) is 6.07 Å². The van der Waals surface area contributed by atoms with Gasteiger partial charge in [-0.3, -0.25) is 9.59 Å². The Morgan fingerprint density at radius 2 is 1.96 bits per heavy atom. The number of anilines is 1. The van der Waals surface area contributed by atoms with Crippen molar-refractivity contribution in [3.8, 4) is 0 Å². The van der Waals surface area contributed by atoms with Crippen LogP contribution in [-0.4, -0.2) is 27.0 Å². The Morgan fingerprint density at radius 3 is 2.73 bits per heavy atom. The number of carbonyl (C=O) groups excluding carboxylic acids is 1. The van der Waals surface area contributed by atoms with Gasteiger partial charge in [-0.2, -0.15) is 0 Å². The molecule has 1 amide bonds. The molecule has 3 aromatic rings. The minimum atomic E-state index is -1.06. The summed E-state index contributed by atoms with van der Waals surface area (Å²) in [5, 5.41) is 11.7. The van der Waals surface area contributed by atoms with Gasteiger partial charge < -0.3 is 15.4 Å². The average Bonchev–Trinajstić information content (AvgIpc) is 2.61. The zero-order valence-electron chi connectivity index (χ0n) is 14.1. The summed E-state index contributed by atoms with van der Waals surface area (Å²) in [6.07, 6.45) is 0.245. The van der Waals surface area contributed by atoms with Crippen molar-refractivity contribution < 1.29 is 14.7 Å². The number of hydrogen-bond acceptors (Lipinski definition) is 4. The highest BCUT2D eigenvalue weighted by atomic mass is 16.4. The molecule has 2 aromatic carbocycles. The van der Waals surface area contributed by atoms with Crippen molar-refractivity contribution in [1.29, 1.82) is 0 Å². The molecule has 132 valence electrons. The molecule has 0 bridgehead atoms. The van der Waals surface area contributed by atoms with E-state index in [0.29, 0.717) is 16.7 Å². The third kappa shape index (κ3) is 3.77. The van der Waals surface area contributed by atoms with Crippen LogP contribution in [0.3, 0.4) is 0 Å². The molecule has 0 aliphatic heterocycles. The number of hydrogen-bond donors (Lipinski definition) is 3. The molecule has 1 aromatic heterocycles. The van der Waals surface area contributed by atoms with Gasteiger partial charge in [0.05, 0.1) is 16.6 Å². The third-order valence-electron chi connectivity index (χ3n) is 4.02. The Morgan fingerprint density at radius 1 is 1.19 bits per heavy atom. The number of carbonyl (C=O) groups is 2. The summed E-state index contributed by atoms with van der Waals surface area (Å²) >= 11 is 0. The molecule has 7 heteroatoms. The molecule has 0 spiro atoms. The van der Waals surface area contributed by atoms with Crippen LogP contribution in [0.1, 0.15) is 28.0 Å². The first-order valence-corrected chi connectivity index (χ1v) is 8.06. The summed E-state index contributed by atoms with van der Waals surface area (Å²) in [5.74, 6) is -1.38. The van der Waals surface area contributed by atoms with Crippen molar-refractivity contribution in [1.82, 2.24) is 9.97 Å². The predicted octanol–water partition coefficient (Wildman–Crippen LogP) is 2.50. The lowest BCUT2D eigenvalue weighted by atomic mass is 10.1. The molecule has 0 saturated heterocycles. The molecule has 0 radical (unpaired) electrons. The fraction of sp³-hybridized carbons (Fsp3) is 0.158. The van der Waals surface area contributed by atoms with Crippen molar-refractivity contribution in [2.75, 3.05) is 5.32 Å². The van der Waals surface area contributed by atoms with Crippen LogP contribution in [0.25, 0.3) is 11.0 Å². The molecular weight excluding hydrogens is 334 g/mol. The van der Waals surface area contributed by atoms with E-state index in [9.17, 15) is 14.4 Å². The van der Waals surface area contributed by atoms with Crippen molar-refractivity contribution >= 4 is 28.6 Å². The molecule has 0 unspecified atom stereocenters. The Labute approximate surface area is 148 Å². The second-order valence-electron chi connectivity index (χ2n) is 5.91. The van der Waals surface area contributed by atoms with E-state index in [1.165, 1.54) is 12.1 Å². The first-order valence-electron chi connectivity index (χ1n) is 8.06. The van der Waals surface area contributed by atoms with Crippen LogP contribution in [0.5, 0.6) is 0 Å². The van der Waals surface area contributed by atoms with E-state index in [0.717, 1.165) is 5.56 Å². The molecule has 1 heterocycles. The maximum atomic E-state index is 12.2. The number of carboxylic acid groups (broad SMARTS) is 1. The molecule has 0 saturated carbocycles. The average molecular weight is 351 g/mol. The number of aromatic amines is 1. The van der Waals surface area contributed by atoms with E-state index in [4.69, 9.17) is 5.11 Å². The number of aromatic nitrogens is 2. The van der Waals surface area contributed by atoms with Gasteiger partial charge in [-0.1, -0.05) is 18.2 Å². The van der Waals surface area contributed by atoms with Gasteiger partial charge in [-0.15, -0.1) is 0 Å². The molecule has 0 aliphatic rings. The lowest BCUT2D eigenvalue weighted by Crippen LogP contribution is -2.19. The monoisotopic (exact) mass is 351 g/mol. The molecule has 0 aliphatic carbocycles. The Kier molecular flexibility index (Phi) is 4.79. The normalized spacial score (nSPS) is 10.7. The fourth-order valence-electron chi connectivity index (χ4n) is 2.57. The second-order valence-corrected chi connectivity index (χ2v) is 5.91. The van der Waals surface area contributed by atoms with Gasteiger partial charge in [-0.05, 0) is 36.8 Å². The minimum absolute atomic E-state index is 0.0607. The van der Waals surface area contributed by atoms with Gasteiger partial charge in [0.15, 0.2) is 0 Å². The number of nitrogens with zero attached hydrogens (tertiary/aromatic N) is 1. The number of nitrogens with one attached hydrogen (secondary N) is 2. The molecule has 7 nitrogen and oxygen atoms in total. The molecule has 0 fully saturated rings. The fourth-order valence-corrected chi connectivity index (χ4v) is 2.57. The first kappa shape index (κ1) is 17.3. The standard InChI is InChI=1S/C19H17N3O4/c1-11-6-7-12(19(25)26)10-16(11)21-17(23)9-8-15-18(24)22-14-5-3-2-4-13(14)20-15/h2-7,10H,8-9H2,1H3,(H,21,23)(H,22,24)(H,25,26). The van der Waals surface area contributed by atoms with Crippen molar-refractivity contribution in [2.45, 2.75) is 19.8 Å². The lowest BCUT2D eigenvalue weighted by molar-refractivity contribution is -0.116. The van der Waals surface area contributed by atoms with Crippen LogP contribution in [0.4, 0.5) is 5.69 Å². The van der Waals surface area contributed by atoms with Gasteiger partial charge in [0.2, 0.25) is 5.91 Å². The van der Waals surface area contributed by atoms with Crippen LogP contribution in [-0.2, 0) is 11.2 Å². The number of benzene rings is 2. The van der Waals surface area contributed by atoms with E-state index in [2.05, 4.69) is 15.3 Å². The van der Waals surface area contributed by atoms with E-state index in [1.54, 1.807) is 31.2 Å². The quantitative estimate of drug-likeness (QED) is 0.654. The Bertz CT molecular complexity index is 1060. The zero-order valence-corrected chi connectivity index (χ0v) is 14.1. The number of amides is 1. The van der Waals surface area contributed by atoms with Crippen LogP contribution >= 0.6 is 0 Å². The highest BCUT2D eigenvalue weighted by Gasteiger charge is 2.11. The summed E-state index contributed by atoms with van der Waals surface area (Å²) in [4.78, 5) is 42.4. The van der Waals surface area contributed by atoms with E-state index >= 15 is 0 Å². The van der Waals surface area contributed by atoms with Crippen LogP contribution in [0, 0.1) is 6.92 Å². The van der Waals surface area contributed by atoms with E-state index < -0.39 is 5.97 Å². The number of rotatable bonds is 5. The number of fused-ring (bicyclic) bond motifs is 1. The Hall–Kier alpha value is -3.48. The number of para-hydroxylation sites is 2. The lowest BCUT2D eigenvalue weighted by Gasteiger charge is -2.09. The van der Waals surface area contributed by atoms with Gasteiger partial charge in [0.1, 0.15) is 5.69 Å². The predicted molar refractivity (Wildman–Crippen MR) is 97.5 cm³/mol. The highest BCUT2D eigenvalue weighted by molar-refractivity contribution is 5.94. The van der Waals surface area contributed by atoms with Gasteiger partial charge in [0.25, 0.3) is 5.56 Å². The van der Waals surface area contributed by atoms with Crippen LogP contribution in [0.15, 0.2) is 47.3 Å². The van der Waals surface area contributed by atoms with Gasteiger partial charge in [-0.25, -0.2) is 9.78 Å².